The van der Waals surface area contributed by atoms with Gasteiger partial charge in [0, 0.05) is 10.3 Å². The summed E-state index contributed by atoms with van der Waals surface area (Å²) in [6.07, 6.45) is 0. The monoisotopic (exact) mass is 427 g/mol. The molecule has 3 nitrogen and oxygen atoms in total. The maximum atomic E-state index is 12.6. The van der Waals surface area contributed by atoms with Crippen molar-refractivity contribution < 1.29 is 8.63 Å². The van der Waals surface area contributed by atoms with Gasteiger partial charge in [0.05, 0.1) is 23.0 Å². The molecule has 0 bridgehead atoms. The van der Waals surface area contributed by atoms with Crippen LogP contribution in [0.1, 0.15) is 60.1 Å². The van der Waals surface area contributed by atoms with Crippen LogP contribution in [0.5, 0.6) is 0 Å². The quantitative estimate of drug-likeness (QED) is 0.421. The molecule has 0 heterocycles. The van der Waals surface area contributed by atoms with Crippen molar-refractivity contribution in [3.05, 3.63) is 29.8 Å². The molecule has 1 N–H and O–H groups in total. The Balaban J connectivity index is 3.08. The van der Waals surface area contributed by atoms with Crippen molar-refractivity contribution in [2.75, 3.05) is 12.4 Å². The van der Waals surface area contributed by atoms with Crippen molar-refractivity contribution in [2.24, 2.45) is 5.41 Å². The number of hydrogen-bond acceptors (Lipinski definition) is 3. The van der Waals surface area contributed by atoms with Gasteiger partial charge in [-0.1, -0.05) is 39.8 Å². The van der Waals surface area contributed by atoms with Gasteiger partial charge < -0.3 is 4.43 Å². The van der Waals surface area contributed by atoms with Gasteiger partial charge >= 0.3 is 0 Å². The van der Waals surface area contributed by atoms with Gasteiger partial charge in [-0.15, -0.1) is 11.8 Å². The van der Waals surface area contributed by atoms with Crippen molar-refractivity contribution in [1.82, 2.24) is 4.72 Å². The fourth-order valence-electron chi connectivity index (χ4n) is 2.11. The third kappa shape index (κ3) is 8.59. The highest BCUT2D eigenvalue weighted by atomic mass is 32.2. The van der Waals surface area contributed by atoms with Crippen molar-refractivity contribution in [3.8, 4) is 5.18 Å². The largest absolute Gasteiger partial charge is 0.415 e. The molecular weight excluding hydrogens is 390 g/mol. The third-order valence-electron chi connectivity index (χ3n) is 4.66. The number of hydrogen-bond donors (Lipinski definition) is 1. The van der Waals surface area contributed by atoms with Gasteiger partial charge in [0.15, 0.2) is 8.32 Å². The Morgan fingerprint density at radius 3 is 2.15 bits per heavy atom. The summed E-state index contributed by atoms with van der Waals surface area (Å²) < 4.78 is 22.2. The molecule has 0 aliphatic rings. The first kappa shape index (κ1) is 24.5. The number of nitrogens with one attached hydrogen (secondary N) is 1. The van der Waals surface area contributed by atoms with Crippen LogP contribution in [0.2, 0.25) is 18.1 Å². The van der Waals surface area contributed by atoms with E-state index in [4.69, 9.17) is 4.43 Å². The first-order valence-electron chi connectivity index (χ1n) is 9.57. The van der Waals surface area contributed by atoms with Crippen molar-refractivity contribution in [3.63, 3.8) is 0 Å². The molecule has 6 heteroatoms. The summed E-state index contributed by atoms with van der Waals surface area (Å²) in [6.45, 7) is 19.9. The Bertz CT molecular complexity index is 738. The maximum Gasteiger partial charge on any atom is 0.192 e. The minimum absolute atomic E-state index is 0.129. The molecule has 0 aromatic heterocycles. The van der Waals surface area contributed by atoms with Crippen LogP contribution in [0.3, 0.4) is 0 Å². The van der Waals surface area contributed by atoms with Crippen LogP contribution < -0.4 is 4.72 Å². The average molecular weight is 428 g/mol. The smallest absolute Gasteiger partial charge is 0.192 e. The molecule has 1 aromatic carbocycles. The number of rotatable bonds is 7. The van der Waals surface area contributed by atoms with Crippen LogP contribution in [-0.2, 0) is 14.8 Å². The highest BCUT2D eigenvalue weighted by Crippen LogP contribution is 2.37. The van der Waals surface area contributed by atoms with E-state index in [0.29, 0.717) is 6.61 Å². The van der Waals surface area contributed by atoms with Gasteiger partial charge in [0.2, 0.25) is 0 Å². The maximum absolute atomic E-state index is 12.6. The lowest BCUT2D eigenvalue weighted by Gasteiger charge is -2.37. The fraction of sp³-hybridized carbons (Fsp3) is 0.667. The Kier molecular flexibility index (Phi) is 8.92. The molecule has 0 saturated carbocycles. The van der Waals surface area contributed by atoms with E-state index in [-0.39, 0.29) is 16.5 Å². The summed E-state index contributed by atoms with van der Waals surface area (Å²) in [6, 6.07) is 8.35. The molecule has 1 rings (SSSR count). The summed E-state index contributed by atoms with van der Waals surface area (Å²) in [5, 5.41) is 3.23. The minimum Gasteiger partial charge on any atom is -0.415 e. The lowest BCUT2D eigenvalue weighted by Crippen LogP contribution is -2.42. The van der Waals surface area contributed by atoms with Gasteiger partial charge in [-0.05, 0) is 67.5 Å². The van der Waals surface area contributed by atoms with E-state index in [1.54, 1.807) is 0 Å². The Hall–Kier alpha value is -0.493. The SMILES string of the molecule is CCSc1ccc([C@H](CO[Si](C)(C)C(C)(C)C)NS(=O)#CC(C)(C)C)cc1. The van der Waals surface area contributed by atoms with E-state index in [9.17, 15) is 4.21 Å². The first-order chi connectivity index (χ1) is 12.2. The molecule has 1 atom stereocenters. The molecule has 154 valence electrons. The molecule has 0 saturated heterocycles. The summed E-state index contributed by atoms with van der Waals surface area (Å²) in [5.74, 6) is 1.05. The molecular formula is C21H37NO2S2Si. The van der Waals surface area contributed by atoms with E-state index in [1.807, 2.05) is 32.5 Å². The van der Waals surface area contributed by atoms with Crippen molar-refractivity contribution in [1.29, 1.82) is 0 Å². The van der Waals surface area contributed by atoms with Crippen molar-refractivity contribution in [2.45, 2.75) is 77.5 Å². The third-order valence-corrected chi connectivity index (χ3v) is 11.3. The van der Waals surface area contributed by atoms with Crippen LogP contribution in [-0.4, -0.2) is 24.9 Å². The van der Waals surface area contributed by atoms with Crippen LogP contribution in [0.25, 0.3) is 0 Å². The van der Waals surface area contributed by atoms with E-state index in [0.717, 1.165) is 11.3 Å². The zero-order valence-electron chi connectivity index (χ0n) is 18.4. The lowest BCUT2D eigenvalue weighted by atomic mass is 10.0. The van der Waals surface area contributed by atoms with E-state index in [1.165, 1.54) is 4.90 Å². The van der Waals surface area contributed by atoms with Gasteiger partial charge in [0.1, 0.15) is 0 Å². The van der Waals surface area contributed by atoms with Crippen LogP contribution in [0.15, 0.2) is 29.2 Å². The summed E-state index contributed by atoms with van der Waals surface area (Å²) in [5.41, 5.74) is 0.864. The number of benzene rings is 1. The molecule has 1 aromatic rings. The fourth-order valence-corrected chi connectivity index (χ4v) is 4.86. The highest BCUT2D eigenvalue weighted by molar-refractivity contribution is 7.99. The molecule has 0 radical (unpaired) electrons. The molecule has 0 fully saturated rings. The molecule has 0 unspecified atom stereocenters. The molecule has 0 amide bonds. The van der Waals surface area contributed by atoms with Gasteiger partial charge in [0.25, 0.3) is 0 Å². The van der Waals surface area contributed by atoms with Gasteiger partial charge in [-0.3, -0.25) is 0 Å². The predicted octanol–water partition coefficient (Wildman–Crippen LogP) is 6.12. The standard InChI is InChI=1S/C21H37NO2S2Si/c1-10-25-18-13-11-17(12-14-18)19(22-26(23)16-20(2,3)4)15-24-27(8,9)21(5,6)7/h11-14,19H,10,15H2,1-9H3,(H,22,23)/t19-/m0/s1. The van der Waals surface area contributed by atoms with E-state index in [2.05, 4.69) is 75.0 Å². The predicted molar refractivity (Wildman–Crippen MR) is 123 cm³/mol. The Morgan fingerprint density at radius 1 is 1.15 bits per heavy atom. The molecule has 0 aliphatic carbocycles. The lowest BCUT2D eigenvalue weighted by molar-refractivity contribution is 0.258. The summed E-state index contributed by atoms with van der Waals surface area (Å²) in [7, 11) is -3.23. The minimum atomic E-state index is -1.89. The van der Waals surface area contributed by atoms with Crippen LogP contribution in [0, 0.1) is 10.6 Å². The van der Waals surface area contributed by atoms with Crippen LogP contribution >= 0.6 is 11.8 Å². The van der Waals surface area contributed by atoms with E-state index < -0.39 is 18.7 Å². The second kappa shape index (κ2) is 9.81. The zero-order chi connectivity index (χ0) is 20.9. The second-order valence-electron chi connectivity index (χ2n) is 9.36. The highest BCUT2D eigenvalue weighted by Gasteiger charge is 2.37. The van der Waals surface area contributed by atoms with Gasteiger partial charge in [-0.2, -0.15) is 0 Å². The van der Waals surface area contributed by atoms with Gasteiger partial charge in [-0.25, -0.2) is 8.93 Å². The summed E-state index contributed by atoms with van der Waals surface area (Å²) in [4.78, 5) is 1.25. The number of thioether (sulfide) groups is 1. The Morgan fingerprint density at radius 2 is 1.70 bits per heavy atom. The first-order valence-corrected chi connectivity index (χ1v) is 14.6. The molecule has 27 heavy (non-hydrogen) atoms. The Labute approximate surface area is 174 Å². The van der Waals surface area contributed by atoms with Crippen molar-refractivity contribution >= 4 is 30.5 Å². The second-order valence-corrected chi connectivity index (χ2v) is 16.5. The zero-order valence-corrected chi connectivity index (χ0v) is 21.1. The summed E-state index contributed by atoms with van der Waals surface area (Å²) >= 11 is 1.82. The topological polar surface area (TPSA) is 38.3 Å². The normalized spacial score (nSPS) is 14.0. The van der Waals surface area contributed by atoms with E-state index >= 15 is 0 Å². The molecule has 0 aliphatic heterocycles. The molecule has 0 spiro atoms. The van der Waals surface area contributed by atoms with Crippen LogP contribution in [0.4, 0.5) is 0 Å². The average Bonchev–Trinajstić information content (AvgIpc) is 2.49.